The highest BCUT2D eigenvalue weighted by atomic mass is 16.3. The Morgan fingerprint density at radius 1 is 0.623 bits per heavy atom. The molecule has 0 radical (unpaired) electrons. The van der Waals surface area contributed by atoms with Crippen LogP contribution in [-0.4, -0.2) is 11.3 Å². The predicted octanol–water partition coefficient (Wildman–Crippen LogP) is 10.2. The van der Waals surface area contributed by atoms with Gasteiger partial charge in [-0.05, 0) is 81.7 Å². The van der Waals surface area contributed by atoms with Crippen LogP contribution in [0.5, 0.6) is 0 Å². The van der Waals surface area contributed by atoms with E-state index < -0.39 is 201 Å². The molecule has 0 amide bonds. The number of rotatable bonds is 1. The summed E-state index contributed by atoms with van der Waals surface area (Å²) >= 11 is 0. The van der Waals surface area contributed by atoms with Crippen molar-refractivity contribution in [1.82, 2.24) is 4.57 Å². The SMILES string of the molecule is [2H]c1c([2H])c2c3c(c1[2H])-n1c4c([2H])c([2H])c([2H])c([2H])c4c4c([2H])c([2H])c([2H])c(c41)N3c1c([2H])c(C#N)c([2H])c3c1B2c1c([2H])c(C(C)(C)C)c([2H])c([2H])c1N3c1c([2H])c([2H])c([2H])c2oc3c([2H])c([2H])c([2H])c([2H])c3c12. The monoisotopic (exact) mass is 700 g/mol. The van der Waals surface area contributed by atoms with Crippen molar-refractivity contribution < 1.29 is 34.6 Å². The van der Waals surface area contributed by atoms with Gasteiger partial charge < -0.3 is 18.8 Å². The second-order valence-corrected chi connectivity index (χ2v) is 13.9. The summed E-state index contributed by atoms with van der Waals surface area (Å²) in [6.07, 6.45) is 0. The molecule has 6 heteroatoms. The minimum atomic E-state index is -1.73. The van der Waals surface area contributed by atoms with Crippen molar-refractivity contribution in [2.75, 3.05) is 9.80 Å². The molecule has 5 heterocycles. The van der Waals surface area contributed by atoms with Crippen molar-refractivity contribution in [3.8, 4) is 11.8 Å². The van der Waals surface area contributed by atoms with Gasteiger partial charge in [-0.25, -0.2) is 0 Å². The standard InChI is InChI=1S/C47H31BN4O/c1-47(2,3)28-21-22-35-33(25-28)48-32-14-9-18-38-46(32)52(37-17-8-13-30-29-11-4-6-15-34(29)51(38)45(30)37)40-24-27(26-49)23-39(44(40)48)50(35)36-16-10-20-42-43(36)31-12-5-7-19-41(31)53-42/h4-25H,1-3H3/i4D,5D,6D,7D,8D,9D,10D,11D,12D,13D,14D,15D,16D,17D,18D,19D,20D,21D,22D,23D,24D,25D. The zero-order valence-electron chi connectivity index (χ0n) is 49.8. The van der Waals surface area contributed by atoms with Crippen molar-refractivity contribution in [3.05, 3.63) is 144 Å². The first-order valence-corrected chi connectivity index (χ1v) is 16.5. The molecule has 5 nitrogen and oxygen atoms in total. The van der Waals surface area contributed by atoms with Gasteiger partial charge in [-0.1, -0.05) is 99.3 Å². The lowest BCUT2D eigenvalue weighted by Gasteiger charge is -2.46. The van der Waals surface area contributed by atoms with Gasteiger partial charge in [0.25, 0.3) is 6.71 Å². The fraction of sp³-hybridized carbons (Fsp3) is 0.0851. The number of fused-ring (bicyclic) bond motifs is 12. The van der Waals surface area contributed by atoms with Crippen molar-refractivity contribution >= 4 is 101 Å². The van der Waals surface area contributed by atoms with E-state index in [9.17, 15) is 23.1 Å². The van der Waals surface area contributed by atoms with E-state index in [0.29, 0.717) is 0 Å². The molecule has 12 rings (SSSR count). The molecule has 0 spiro atoms. The van der Waals surface area contributed by atoms with Crippen LogP contribution in [0.1, 0.15) is 62.1 Å². The molecule has 0 unspecified atom stereocenters. The number of nitriles is 1. The van der Waals surface area contributed by atoms with Crippen molar-refractivity contribution in [1.29, 1.82) is 5.26 Å². The zero-order chi connectivity index (χ0) is 54.5. The smallest absolute Gasteiger partial charge is 0.252 e. The van der Waals surface area contributed by atoms with Crippen LogP contribution in [0.4, 0.5) is 34.1 Å². The summed E-state index contributed by atoms with van der Waals surface area (Å²) in [6.45, 7) is 3.26. The third-order valence-corrected chi connectivity index (χ3v) is 10.1. The first-order valence-electron chi connectivity index (χ1n) is 27.5. The van der Waals surface area contributed by atoms with Gasteiger partial charge in [-0.2, -0.15) is 5.26 Å². The molecule has 0 fully saturated rings. The van der Waals surface area contributed by atoms with Gasteiger partial charge in [0.05, 0.1) is 81.0 Å². The van der Waals surface area contributed by atoms with Crippen LogP contribution in [0.2, 0.25) is 0 Å². The molecule has 7 aromatic carbocycles. The summed E-state index contributed by atoms with van der Waals surface area (Å²) in [7, 11) is 0. The first-order chi connectivity index (χ1) is 35.1. The second kappa shape index (κ2) is 9.79. The Morgan fingerprint density at radius 3 is 2.17 bits per heavy atom. The number of para-hydroxylation sites is 4. The topological polar surface area (TPSA) is 48.3 Å². The fourth-order valence-electron chi connectivity index (χ4n) is 7.93. The molecule has 0 saturated heterocycles. The molecule has 2 aromatic heterocycles. The minimum absolute atomic E-state index is 0.0513. The van der Waals surface area contributed by atoms with Gasteiger partial charge in [-0.3, -0.25) is 0 Å². The van der Waals surface area contributed by atoms with E-state index in [-0.39, 0.29) is 55.1 Å². The average Bonchev–Trinajstić information content (AvgIpc) is 4.07. The van der Waals surface area contributed by atoms with Crippen LogP contribution in [0, 0.1) is 11.3 Å². The summed E-state index contributed by atoms with van der Waals surface area (Å²) in [5.74, 6) is 0. The van der Waals surface area contributed by atoms with E-state index in [1.54, 1.807) is 20.8 Å². The maximum absolute atomic E-state index is 11.1. The molecule has 0 N–H and O–H groups in total. The Hall–Kier alpha value is -6.71. The number of anilines is 6. The number of furan rings is 1. The maximum Gasteiger partial charge on any atom is 0.252 e. The lowest BCUT2D eigenvalue weighted by molar-refractivity contribution is 0.591. The average molecular weight is 701 g/mol. The summed E-state index contributed by atoms with van der Waals surface area (Å²) in [5, 5.41) is 9.66. The van der Waals surface area contributed by atoms with E-state index in [1.807, 2.05) is 6.07 Å². The quantitative estimate of drug-likeness (QED) is 0.160. The van der Waals surface area contributed by atoms with E-state index in [1.165, 1.54) is 0 Å². The van der Waals surface area contributed by atoms with Crippen LogP contribution in [-0.2, 0) is 5.41 Å². The first kappa shape index (κ1) is 15.1. The minimum Gasteiger partial charge on any atom is -0.456 e. The summed E-state index contributed by atoms with van der Waals surface area (Å²) in [4.78, 5) is 2.15. The van der Waals surface area contributed by atoms with E-state index in [0.717, 1.165) is 14.4 Å². The number of hydrogen-bond donors (Lipinski definition) is 0. The molecule has 0 saturated carbocycles. The molecule has 53 heavy (non-hydrogen) atoms. The van der Waals surface area contributed by atoms with Crippen LogP contribution in [0.25, 0.3) is 49.4 Å². The number of aromatic nitrogens is 1. The molecule has 0 atom stereocenters. The Bertz CT molecular complexity index is 4420. The van der Waals surface area contributed by atoms with Gasteiger partial charge in [0, 0.05) is 33.2 Å². The predicted molar refractivity (Wildman–Crippen MR) is 219 cm³/mol. The Labute approximate surface area is 337 Å². The second-order valence-electron chi connectivity index (χ2n) is 13.9. The molecule has 9 aromatic rings. The third kappa shape index (κ3) is 3.57. The van der Waals surface area contributed by atoms with Gasteiger partial charge in [0.1, 0.15) is 11.2 Å². The van der Waals surface area contributed by atoms with Gasteiger partial charge in [0.2, 0.25) is 0 Å². The zero-order valence-corrected chi connectivity index (χ0v) is 27.8. The lowest BCUT2D eigenvalue weighted by Crippen LogP contribution is -2.62. The molecular formula is C47H31BN4O. The van der Waals surface area contributed by atoms with Crippen molar-refractivity contribution in [2.24, 2.45) is 0 Å². The number of benzene rings is 7. The van der Waals surface area contributed by atoms with Crippen LogP contribution < -0.4 is 26.2 Å². The van der Waals surface area contributed by atoms with E-state index >= 15 is 0 Å². The number of hydrogen-bond acceptors (Lipinski definition) is 4. The Morgan fingerprint density at radius 2 is 1.32 bits per heavy atom. The molecule has 248 valence electrons. The molecule has 3 aliphatic rings. The normalized spacial score (nSPS) is 19.6. The van der Waals surface area contributed by atoms with Crippen LogP contribution in [0.15, 0.2) is 137 Å². The highest BCUT2D eigenvalue weighted by molar-refractivity contribution is 7.00. The van der Waals surface area contributed by atoms with Crippen LogP contribution in [0.3, 0.4) is 0 Å². The summed E-state index contributed by atoms with van der Waals surface area (Å²) in [5.41, 5.74) is -7.49. The Kier molecular flexibility index (Phi) is 2.79. The largest absolute Gasteiger partial charge is 0.456 e. The highest BCUT2D eigenvalue weighted by Gasteiger charge is 2.46. The maximum atomic E-state index is 11.1. The highest BCUT2D eigenvalue weighted by Crippen LogP contribution is 2.53. The molecule has 3 aliphatic heterocycles. The van der Waals surface area contributed by atoms with E-state index in [2.05, 4.69) is 0 Å². The van der Waals surface area contributed by atoms with Gasteiger partial charge in [-0.15, -0.1) is 0 Å². The van der Waals surface area contributed by atoms with Gasteiger partial charge in [0.15, 0.2) is 0 Å². The van der Waals surface area contributed by atoms with Crippen LogP contribution >= 0.6 is 0 Å². The fourth-order valence-corrected chi connectivity index (χ4v) is 7.93. The van der Waals surface area contributed by atoms with Crippen molar-refractivity contribution in [2.45, 2.75) is 26.2 Å². The molecular weight excluding hydrogens is 647 g/mol. The summed E-state index contributed by atoms with van der Waals surface area (Å²) in [6, 6.07) is -14.1. The molecule has 0 bridgehead atoms. The third-order valence-electron chi connectivity index (χ3n) is 10.1. The summed E-state index contributed by atoms with van der Waals surface area (Å²) < 4.78 is 213. The Balaban J connectivity index is 1.41. The van der Waals surface area contributed by atoms with Crippen molar-refractivity contribution in [3.63, 3.8) is 0 Å². The lowest BCUT2D eigenvalue weighted by atomic mass is 9.33. The molecule has 0 aliphatic carbocycles. The van der Waals surface area contributed by atoms with E-state index in [4.69, 9.17) is 16.8 Å². The number of nitrogens with zero attached hydrogens (tertiary/aromatic N) is 4. The van der Waals surface area contributed by atoms with Gasteiger partial charge >= 0.3 is 0 Å².